The zero-order valence-electron chi connectivity index (χ0n) is 18.6. The summed E-state index contributed by atoms with van der Waals surface area (Å²) in [4.78, 5) is 0. The van der Waals surface area contributed by atoms with E-state index >= 15 is 0 Å². The molecular weight excluding hydrogens is 367 g/mol. The van der Waals surface area contributed by atoms with Crippen molar-refractivity contribution in [1.82, 2.24) is 0 Å². The van der Waals surface area contributed by atoms with Crippen molar-refractivity contribution in [3.63, 3.8) is 0 Å². The van der Waals surface area contributed by atoms with E-state index in [1.807, 2.05) is 0 Å². The van der Waals surface area contributed by atoms with Crippen LogP contribution in [-0.4, -0.2) is 10.3 Å². The van der Waals surface area contributed by atoms with Crippen LogP contribution in [-0.2, 0) is 0 Å². The number of hydrogen-bond donors (Lipinski definition) is 0. The van der Waals surface area contributed by atoms with Gasteiger partial charge in [0, 0.05) is 0 Å². The molecular formula is C28H33P. The second-order valence-corrected chi connectivity index (χ2v) is 13.0. The smallest absolute Gasteiger partial charge is 0.0177 e. The highest BCUT2D eigenvalue weighted by Gasteiger charge is 2.19. The first-order valence-electron chi connectivity index (χ1n) is 10.4. The Morgan fingerprint density at radius 3 is 1.10 bits per heavy atom. The van der Waals surface area contributed by atoms with Gasteiger partial charge in [0.2, 0.25) is 0 Å². The molecule has 4 aromatic carbocycles. The molecule has 0 aliphatic rings. The molecule has 0 saturated heterocycles. The summed E-state index contributed by atoms with van der Waals surface area (Å²) >= 11 is 0. The Hall–Kier alpha value is -2.17. The van der Waals surface area contributed by atoms with E-state index in [1.165, 1.54) is 32.7 Å². The summed E-state index contributed by atoms with van der Waals surface area (Å²) < 4.78 is 0. The molecule has 4 rings (SSSR count). The van der Waals surface area contributed by atoms with E-state index in [1.54, 1.807) is 0 Å². The maximum Gasteiger partial charge on any atom is -0.0177 e. The highest BCUT2D eigenvalue weighted by Crippen LogP contribution is 2.42. The maximum absolute atomic E-state index is 2.30. The lowest BCUT2D eigenvalue weighted by atomic mass is 9.99. The van der Waals surface area contributed by atoms with Gasteiger partial charge in [-0.25, -0.2) is 0 Å². The predicted octanol–water partition coefficient (Wildman–Crippen LogP) is 8.92. The Bertz CT molecular complexity index is 1000. The van der Waals surface area contributed by atoms with Crippen molar-refractivity contribution in [2.75, 3.05) is 0 Å². The molecule has 0 aliphatic heterocycles. The number of benzene rings is 4. The SMILES string of the molecule is CC(C)(C)PC(C)(C)C.c1ccc2cc(-c3ccc4ccccc4c3)ccc2c1. The first kappa shape index (κ1) is 21.5. The lowest BCUT2D eigenvalue weighted by Crippen LogP contribution is -2.16. The van der Waals surface area contributed by atoms with Crippen molar-refractivity contribution in [1.29, 1.82) is 0 Å². The summed E-state index contributed by atoms with van der Waals surface area (Å²) in [7, 11) is 1.05. The average molecular weight is 401 g/mol. The molecule has 0 N–H and O–H groups in total. The van der Waals surface area contributed by atoms with Gasteiger partial charge in [0.15, 0.2) is 0 Å². The van der Waals surface area contributed by atoms with Crippen molar-refractivity contribution >= 4 is 30.1 Å². The molecule has 0 heterocycles. The number of rotatable bonds is 1. The quantitative estimate of drug-likeness (QED) is 0.280. The normalized spacial score (nSPS) is 11.9. The van der Waals surface area contributed by atoms with Gasteiger partial charge in [-0.05, 0) is 55.1 Å². The molecule has 29 heavy (non-hydrogen) atoms. The molecule has 0 nitrogen and oxygen atoms in total. The van der Waals surface area contributed by atoms with Crippen LogP contribution in [0.25, 0.3) is 32.7 Å². The van der Waals surface area contributed by atoms with E-state index in [0.29, 0.717) is 10.3 Å². The van der Waals surface area contributed by atoms with Crippen LogP contribution in [0, 0.1) is 0 Å². The summed E-state index contributed by atoms with van der Waals surface area (Å²) in [6.07, 6.45) is 0. The third-order valence-corrected chi connectivity index (χ3v) is 6.08. The summed E-state index contributed by atoms with van der Waals surface area (Å²) in [6.45, 7) is 13.8. The highest BCUT2D eigenvalue weighted by atomic mass is 31.1. The second kappa shape index (κ2) is 8.68. The zero-order chi connectivity index (χ0) is 21.1. The molecule has 150 valence electrons. The monoisotopic (exact) mass is 400 g/mol. The molecule has 0 radical (unpaired) electrons. The molecule has 0 aromatic heterocycles. The lowest BCUT2D eigenvalue weighted by molar-refractivity contribution is 0.725. The fourth-order valence-electron chi connectivity index (χ4n) is 3.86. The van der Waals surface area contributed by atoms with Crippen molar-refractivity contribution < 1.29 is 0 Å². The van der Waals surface area contributed by atoms with Crippen molar-refractivity contribution in [3.05, 3.63) is 84.9 Å². The van der Waals surface area contributed by atoms with Gasteiger partial charge < -0.3 is 0 Å². The summed E-state index contributed by atoms with van der Waals surface area (Å²) in [5, 5.41) is 6.18. The number of hydrogen-bond acceptors (Lipinski definition) is 0. The summed E-state index contributed by atoms with van der Waals surface area (Å²) in [5.74, 6) is 0. The van der Waals surface area contributed by atoms with E-state index in [2.05, 4.69) is 126 Å². The van der Waals surface area contributed by atoms with E-state index in [0.717, 1.165) is 8.58 Å². The largest absolute Gasteiger partial charge is 0.111 e. The van der Waals surface area contributed by atoms with Gasteiger partial charge in [0.1, 0.15) is 0 Å². The van der Waals surface area contributed by atoms with Gasteiger partial charge in [-0.1, -0.05) is 114 Å². The van der Waals surface area contributed by atoms with Crippen LogP contribution in [0.3, 0.4) is 0 Å². The van der Waals surface area contributed by atoms with Gasteiger partial charge in [-0.15, -0.1) is 8.58 Å². The predicted molar refractivity (Wildman–Crippen MR) is 135 cm³/mol. The van der Waals surface area contributed by atoms with Gasteiger partial charge >= 0.3 is 0 Å². The first-order valence-corrected chi connectivity index (χ1v) is 11.4. The van der Waals surface area contributed by atoms with Gasteiger partial charge in [-0.2, -0.15) is 0 Å². The molecule has 0 unspecified atom stereocenters. The van der Waals surface area contributed by atoms with E-state index in [-0.39, 0.29) is 0 Å². The molecule has 0 saturated carbocycles. The van der Waals surface area contributed by atoms with Crippen LogP contribution >= 0.6 is 8.58 Å². The van der Waals surface area contributed by atoms with Crippen LogP contribution in [0.5, 0.6) is 0 Å². The molecule has 4 aromatic rings. The second-order valence-electron chi connectivity index (χ2n) is 9.75. The Morgan fingerprint density at radius 2 is 0.793 bits per heavy atom. The van der Waals surface area contributed by atoms with Crippen molar-refractivity contribution in [2.24, 2.45) is 0 Å². The van der Waals surface area contributed by atoms with E-state index in [9.17, 15) is 0 Å². The molecule has 0 aliphatic carbocycles. The third-order valence-electron chi connectivity index (χ3n) is 4.58. The molecule has 1 heteroatoms. The Kier molecular flexibility index (Phi) is 6.45. The Balaban J connectivity index is 0.000000229. The lowest BCUT2D eigenvalue weighted by Gasteiger charge is -2.28. The highest BCUT2D eigenvalue weighted by molar-refractivity contribution is 7.41. The number of fused-ring (bicyclic) bond motifs is 2. The van der Waals surface area contributed by atoms with Gasteiger partial charge in [0.05, 0.1) is 0 Å². The van der Waals surface area contributed by atoms with Gasteiger partial charge in [-0.3, -0.25) is 0 Å². The minimum absolute atomic E-state index is 0.512. The topological polar surface area (TPSA) is 0 Å². The molecule has 0 bridgehead atoms. The zero-order valence-corrected chi connectivity index (χ0v) is 19.6. The van der Waals surface area contributed by atoms with Crippen LogP contribution in [0.2, 0.25) is 0 Å². The van der Waals surface area contributed by atoms with Crippen molar-refractivity contribution in [2.45, 2.75) is 51.9 Å². The minimum Gasteiger partial charge on any atom is -0.111 e. The molecule has 0 amide bonds. The van der Waals surface area contributed by atoms with Crippen molar-refractivity contribution in [3.8, 4) is 11.1 Å². The van der Waals surface area contributed by atoms with E-state index in [4.69, 9.17) is 0 Å². The fourth-order valence-corrected chi connectivity index (χ4v) is 6.11. The summed E-state index contributed by atoms with van der Waals surface area (Å²) in [6, 6.07) is 30.3. The van der Waals surface area contributed by atoms with Crippen LogP contribution in [0.15, 0.2) is 84.9 Å². The molecule has 0 atom stereocenters. The Labute approximate surface area is 178 Å². The van der Waals surface area contributed by atoms with Crippen LogP contribution < -0.4 is 0 Å². The van der Waals surface area contributed by atoms with Crippen LogP contribution in [0.4, 0.5) is 0 Å². The van der Waals surface area contributed by atoms with Crippen LogP contribution in [0.1, 0.15) is 41.5 Å². The van der Waals surface area contributed by atoms with Gasteiger partial charge in [0.25, 0.3) is 0 Å². The summed E-state index contributed by atoms with van der Waals surface area (Å²) in [5.41, 5.74) is 2.55. The van der Waals surface area contributed by atoms with E-state index < -0.39 is 0 Å². The maximum atomic E-state index is 2.30. The standard InChI is InChI=1S/C20H14.C8H19P/c1-3-7-17-13-19(11-9-15(17)5-1)20-12-10-16-6-2-4-8-18(16)14-20;1-7(2,3)9-8(4,5)6/h1-14H;9H,1-6H3. The minimum atomic E-state index is 0.512. The molecule has 0 fully saturated rings. The Morgan fingerprint density at radius 1 is 0.448 bits per heavy atom. The average Bonchev–Trinajstić information content (AvgIpc) is 2.65. The molecule has 0 spiro atoms. The fraction of sp³-hybridized carbons (Fsp3) is 0.286. The first-order chi connectivity index (χ1) is 13.6. The third kappa shape index (κ3) is 6.41.